The van der Waals surface area contributed by atoms with E-state index in [4.69, 9.17) is 0 Å². The van der Waals surface area contributed by atoms with Crippen molar-refractivity contribution in [1.29, 1.82) is 0 Å². The van der Waals surface area contributed by atoms with Crippen molar-refractivity contribution in [3.8, 4) is 0 Å². The first-order valence-electron chi connectivity index (χ1n) is 9.21. The third-order valence-corrected chi connectivity index (χ3v) is 4.94. The second-order valence-electron chi connectivity index (χ2n) is 6.88. The van der Waals surface area contributed by atoms with E-state index in [0.29, 0.717) is 12.2 Å². The Morgan fingerprint density at radius 3 is 2.44 bits per heavy atom. The molecule has 6 nitrogen and oxygen atoms in total. The van der Waals surface area contributed by atoms with Crippen LogP contribution in [0.3, 0.4) is 0 Å². The van der Waals surface area contributed by atoms with E-state index in [1.54, 1.807) is 0 Å². The van der Waals surface area contributed by atoms with E-state index in [9.17, 15) is 4.79 Å². The molecule has 0 spiro atoms. The van der Waals surface area contributed by atoms with Gasteiger partial charge in [-0.2, -0.15) is 0 Å². The molecule has 1 saturated heterocycles. The molecule has 27 heavy (non-hydrogen) atoms. The molecule has 0 radical (unpaired) electrons. The van der Waals surface area contributed by atoms with Crippen molar-refractivity contribution >= 4 is 22.6 Å². The summed E-state index contributed by atoms with van der Waals surface area (Å²) in [5.74, 6) is -0.212. The van der Waals surface area contributed by atoms with Crippen LogP contribution in [-0.4, -0.2) is 54.0 Å². The van der Waals surface area contributed by atoms with E-state index >= 15 is 0 Å². The SMILES string of the molecule is CN1CCN(c2ccc(CNC(=O)c3cnc4ccccc4n3)cc2)CC1. The quantitative estimate of drug-likeness (QED) is 0.773. The molecule has 1 aliphatic heterocycles. The van der Waals surface area contributed by atoms with Gasteiger partial charge in [0.25, 0.3) is 5.91 Å². The van der Waals surface area contributed by atoms with Crippen molar-refractivity contribution < 1.29 is 4.79 Å². The van der Waals surface area contributed by atoms with Gasteiger partial charge in [-0.15, -0.1) is 0 Å². The van der Waals surface area contributed by atoms with Crippen molar-refractivity contribution in [2.24, 2.45) is 0 Å². The maximum Gasteiger partial charge on any atom is 0.271 e. The fraction of sp³-hybridized carbons (Fsp3) is 0.286. The molecule has 2 aromatic carbocycles. The molecule has 3 aromatic rings. The predicted octanol–water partition coefficient (Wildman–Crippen LogP) is 2.31. The average Bonchev–Trinajstić information content (AvgIpc) is 2.72. The zero-order valence-corrected chi connectivity index (χ0v) is 15.4. The molecule has 0 saturated carbocycles. The second-order valence-corrected chi connectivity index (χ2v) is 6.88. The van der Waals surface area contributed by atoms with E-state index in [1.165, 1.54) is 11.9 Å². The zero-order valence-electron chi connectivity index (χ0n) is 15.4. The summed E-state index contributed by atoms with van der Waals surface area (Å²) in [6, 6.07) is 15.9. The first-order chi connectivity index (χ1) is 13.2. The molecule has 0 unspecified atom stereocenters. The van der Waals surface area contributed by atoms with Gasteiger partial charge < -0.3 is 15.1 Å². The fourth-order valence-corrected chi connectivity index (χ4v) is 3.23. The first kappa shape index (κ1) is 17.4. The molecule has 138 valence electrons. The molecular formula is C21H23N5O. The number of rotatable bonds is 4. The van der Waals surface area contributed by atoms with Crippen LogP contribution in [0.2, 0.25) is 0 Å². The highest BCUT2D eigenvalue weighted by Gasteiger charge is 2.14. The fourth-order valence-electron chi connectivity index (χ4n) is 3.23. The minimum atomic E-state index is -0.212. The van der Waals surface area contributed by atoms with Crippen molar-refractivity contribution in [3.63, 3.8) is 0 Å². The summed E-state index contributed by atoms with van der Waals surface area (Å²) < 4.78 is 0. The number of benzene rings is 2. The lowest BCUT2D eigenvalue weighted by atomic mass is 10.1. The Bertz CT molecular complexity index is 933. The maximum absolute atomic E-state index is 12.4. The number of anilines is 1. The molecule has 6 heteroatoms. The van der Waals surface area contributed by atoms with Crippen LogP contribution in [0.4, 0.5) is 5.69 Å². The number of likely N-dealkylation sites (N-methyl/N-ethyl adjacent to an activating group) is 1. The number of carbonyl (C=O) groups is 1. The Kier molecular flexibility index (Phi) is 4.98. The van der Waals surface area contributed by atoms with Gasteiger partial charge in [0.05, 0.1) is 17.2 Å². The van der Waals surface area contributed by atoms with E-state index in [1.807, 2.05) is 24.3 Å². The minimum Gasteiger partial charge on any atom is -0.369 e. The van der Waals surface area contributed by atoms with Gasteiger partial charge in [0.1, 0.15) is 5.69 Å². The summed E-state index contributed by atoms with van der Waals surface area (Å²) in [5, 5.41) is 2.92. The van der Waals surface area contributed by atoms with Crippen molar-refractivity contribution in [1.82, 2.24) is 20.2 Å². The number of hydrogen-bond acceptors (Lipinski definition) is 5. The summed E-state index contributed by atoms with van der Waals surface area (Å²) in [6.07, 6.45) is 1.52. The number of piperazine rings is 1. The average molecular weight is 361 g/mol. The van der Waals surface area contributed by atoms with Crippen LogP contribution < -0.4 is 10.2 Å². The Morgan fingerprint density at radius 1 is 1.00 bits per heavy atom. The molecule has 0 atom stereocenters. The van der Waals surface area contributed by atoms with Crippen LogP contribution in [0, 0.1) is 0 Å². The zero-order chi connectivity index (χ0) is 18.6. The van der Waals surface area contributed by atoms with Gasteiger partial charge in [0, 0.05) is 38.4 Å². The molecule has 1 amide bonds. The molecule has 1 N–H and O–H groups in total. The Balaban J connectivity index is 1.37. The molecule has 4 rings (SSSR count). The Morgan fingerprint density at radius 2 is 1.70 bits per heavy atom. The number of para-hydroxylation sites is 2. The molecule has 0 aliphatic carbocycles. The van der Waals surface area contributed by atoms with Crippen LogP contribution in [0.25, 0.3) is 11.0 Å². The number of aromatic nitrogens is 2. The minimum absolute atomic E-state index is 0.212. The standard InChI is InChI=1S/C21H23N5O/c1-25-10-12-26(13-11-25)17-8-6-16(7-9-17)14-23-21(27)20-15-22-18-4-2-3-5-19(18)24-20/h2-9,15H,10-14H2,1H3,(H,23,27). The maximum atomic E-state index is 12.4. The van der Waals surface area contributed by atoms with Gasteiger partial charge in [-0.25, -0.2) is 4.98 Å². The van der Waals surface area contributed by atoms with Gasteiger partial charge >= 0.3 is 0 Å². The summed E-state index contributed by atoms with van der Waals surface area (Å²) in [6.45, 7) is 4.74. The highest BCUT2D eigenvalue weighted by molar-refractivity contribution is 5.93. The number of hydrogen-bond donors (Lipinski definition) is 1. The van der Waals surface area contributed by atoms with E-state index < -0.39 is 0 Å². The monoisotopic (exact) mass is 361 g/mol. The lowest BCUT2D eigenvalue weighted by Crippen LogP contribution is -2.44. The molecular weight excluding hydrogens is 338 g/mol. The Hall–Kier alpha value is -2.99. The predicted molar refractivity (Wildman–Crippen MR) is 107 cm³/mol. The summed E-state index contributed by atoms with van der Waals surface area (Å²) in [4.78, 5) is 25.8. The van der Waals surface area contributed by atoms with Crippen molar-refractivity contribution in [2.45, 2.75) is 6.54 Å². The smallest absolute Gasteiger partial charge is 0.271 e. The van der Waals surface area contributed by atoms with Gasteiger partial charge in [0.15, 0.2) is 0 Å². The normalized spacial score (nSPS) is 15.1. The lowest BCUT2D eigenvalue weighted by Gasteiger charge is -2.34. The molecule has 1 aliphatic rings. The van der Waals surface area contributed by atoms with Crippen LogP contribution in [0.5, 0.6) is 0 Å². The number of carbonyl (C=O) groups excluding carboxylic acids is 1. The number of fused-ring (bicyclic) bond motifs is 1. The van der Waals surface area contributed by atoms with Gasteiger partial charge in [0.2, 0.25) is 0 Å². The molecule has 0 bridgehead atoms. The summed E-state index contributed by atoms with van der Waals surface area (Å²) >= 11 is 0. The first-order valence-corrected chi connectivity index (χ1v) is 9.21. The molecule has 1 aromatic heterocycles. The van der Waals surface area contributed by atoms with Gasteiger partial charge in [-0.05, 0) is 36.9 Å². The summed E-state index contributed by atoms with van der Waals surface area (Å²) in [7, 11) is 2.16. The topological polar surface area (TPSA) is 61.4 Å². The number of nitrogens with one attached hydrogen (secondary N) is 1. The van der Waals surface area contributed by atoms with E-state index in [0.717, 1.165) is 42.8 Å². The highest BCUT2D eigenvalue weighted by Crippen LogP contribution is 2.17. The van der Waals surface area contributed by atoms with Crippen molar-refractivity contribution in [2.75, 3.05) is 38.1 Å². The third-order valence-electron chi connectivity index (χ3n) is 4.94. The number of amides is 1. The van der Waals surface area contributed by atoms with Crippen molar-refractivity contribution in [3.05, 3.63) is 66.0 Å². The van der Waals surface area contributed by atoms with E-state index in [-0.39, 0.29) is 5.91 Å². The van der Waals surface area contributed by atoms with Crippen LogP contribution in [0.1, 0.15) is 16.1 Å². The largest absolute Gasteiger partial charge is 0.369 e. The molecule has 1 fully saturated rings. The lowest BCUT2D eigenvalue weighted by molar-refractivity contribution is 0.0946. The molecule has 2 heterocycles. The van der Waals surface area contributed by atoms with Crippen LogP contribution in [0.15, 0.2) is 54.7 Å². The second kappa shape index (κ2) is 7.72. The van der Waals surface area contributed by atoms with Gasteiger partial charge in [-0.1, -0.05) is 24.3 Å². The third kappa shape index (κ3) is 4.06. The highest BCUT2D eigenvalue weighted by atomic mass is 16.1. The van der Waals surface area contributed by atoms with Crippen LogP contribution in [-0.2, 0) is 6.54 Å². The van der Waals surface area contributed by atoms with E-state index in [2.05, 4.69) is 56.4 Å². The Labute approximate surface area is 158 Å². The number of nitrogens with zero attached hydrogens (tertiary/aromatic N) is 4. The van der Waals surface area contributed by atoms with Crippen LogP contribution >= 0.6 is 0 Å². The van der Waals surface area contributed by atoms with Gasteiger partial charge in [-0.3, -0.25) is 9.78 Å². The summed E-state index contributed by atoms with van der Waals surface area (Å²) in [5.41, 5.74) is 4.14.